The van der Waals surface area contributed by atoms with E-state index in [0.717, 1.165) is 21.4 Å². The van der Waals surface area contributed by atoms with Crippen LogP contribution in [-0.4, -0.2) is 9.78 Å². The maximum atomic E-state index is 13.6. The van der Waals surface area contributed by atoms with Crippen molar-refractivity contribution in [1.29, 1.82) is 0 Å². The lowest BCUT2D eigenvalue weighted by Gasteiger charge is -2.09. The van der Waals surface area contributed by atoms with Gasteiger partial charge in [0.1, 0.15) is 5.82 Å². The molecule has 0 saturated heterocycles. The number of aromatic nitrogens is 2. The van der Waals surface area contributed by atoms with E-state index >= 15 is 0 Å². The molecule has 0 saturated carbocycles. The molecule has 0 atom stereocenters. The first-order valence-corrected chi connectivity index (χ1v) is 6.46. The predicted molar refractivity (Wildman–Crippen MR) is 74.1 cm³/mol. The molecule has 0 amide bonds. The number of anilines is 1. The van der Waals surface area contributed by atoms with Crippen molar-refractivity contribution in [3.05, 3.63) is 45.4 Å². The summed E-state index contributed by atoms with van der Waals surface area (Å²) in [6, 6.07) is 5.03. The first-order chi connectivity index (χ1) is 8.49. The molecule has 1 aromatic carbocycles. The summed E-state index contributed by atoms with van der Waals surface area (Å²) in [5, 5.41) is 7.40. The minimum atomic E-state index is -0.240. The Morgan fingerprint density at radius 1 is 1.39 bits per heavy atom. The maximum Gasteiger partial charge on any atom is 0.146 e. The predicted octanol–water partition coefficient (Wildman–Crippen LogP) is 3.55. The van der Waals surface area contributed by atoms with Crippen LogP contribution in [0, 0.1) is 19.7 Å². The SMILES string of the molecule is Cc1ccc(F)c(NCc2c(Br)c(C)nn2C)c1. The Kier molecular flexibility index (Phi) is 3.71. The van der Waals surface area contributed by atoms with Crippen molar-refractivity contribution in [2.45, 2.75) is 20.4 Å². The second-order valence-electron chi connectivity index (χ2n) is 4.31. The first kappa shape index (κ1) is 13.1. The van der Waals surface area contributed by atoms with Gasteiger partial charge in [-0.3, -0.25) is 4.68 Å². The van der Waals surface area contributed by atoms with E-state index in [1.807, 2.05) is 20.9 Å². The molecule has 0 bridgehead atoms. The average molecular weight is 312 g/mol. The average Bonchev–Trinajstić information content (AvgIpc) is 2.55. The Labute approximate surface area is 114 Å². The third-order valence-corrected chi connectivity index (χ3v) is 3.86. The maximum absolute atomic E-state index is 13.6. The lowest BCUT2D eigenvalue weighted by molar-refractivity contribution is 0.628. The molecular weight excluding hydrogens is 297 g/mol. The number of rotatable bonds is 3. The molecule has 3 nitrogen and oxygen atoms in total. The van der Waals surface area contributed by atoms with E-state index in [1.165, 1.54) is 6.07 Å². The molecule has 96 valence electrons. The van der Waals surface area contributed by atoms with Crippen LogP contribution < -0.4 is 5.32 Å². The molecule has 0 radical (unpaired) electrons. The van der Waals surface area contributed by atoms with Crippen molar-refractivity contribution in [3.63, 3.8) is 0 Å². The van der Waals surface area contributed by atoms with E-state index in [9.17, 15) is 4.39 Å². The molecule has 1 heterocycles. The number of hydrogen-bond acceptors (Lipinski definition) is 2. The van der Waals surface area contributed by atoms with Crippen molar-refractivity contribution in [3.8, 4) is 0 Å². The number of halogens is 2. The van der Waals surface area contributed by atoms with Crippen LogP contribution in [0.15, 0.2) is 22.7 Å². The standard InChI is InChI=1S/C13H15BrFN3/c1-8-4-5-10(15)11(6-8)16-7-12-13(14)9(2)17-18(12)3/h4-6,16H,7H2,1-3H3. The molecule has 18 heavy (non-hydrogen) atoms. The monoisotopic (exact) mass is 311 g/mol. The minimum Gasteiger partial charge on any atom is -0.377 e. The number of nitrogens with zero attached hydrogens (tertiary/aromatic N) is 2. The highest BCUT2D eigenvalue weighted by atomic mass is 79.9. The fraction of sp³-hybridized carbons (Fsp3) is 0.308. The van der Waals surface area contributed by atoms with Gasteiger partial charge in [0.15, 0.2) is 0 Å². The van der Waals surface area contributed by atoms with Gasteiger partial charge in [0, 0.05) is 7.05 Å². The molecule has 0 aliphatic heterocycles. The number of nitrogens with one attached hydrogen (secondary N) is 1. The summed E-state index contributed by atoms with van der Waals surface area (Å²) < 4.78 is 16.3. The lowest BCUT2D eigenvalue weighted by atomic mass is 10.2. The van der Waals surface area contributed by atoms with Gasteiger partial charge in [-0.1, -0.05) is 6.07 Å². The molecule has 1 N–H and O–H groups in total. The normalized spacial score (nSPS) is 10.7. The molecule has 2 aromatic rings. The molecular formula is C13H15BrFN3. The highest BCUT2D eigenvalue weighted by molar-refractivity contribution is 9.10. The molecule has 0 spiro atoms. The number of aryl methyl sites for hydroxylation is 3. The summed E-state index contributed by atoms with van der Waals surface area (Å²) in [6.07, 6.45) is 0. The fourth-order valence-electron chi connectivity index (χ4n) is 1.83. The fourth-order valence-corrected chi connectivity index (χ4v) is 2.30. The quantitative estimate of drug-likeness (QED) is 0.939. The van der Waals surface area contributed by atoms with Crippen LogP contribution in [-0.2, 0) is 13.6 Å². The van der Waals surface area contributed by atoms with Crippen LogP contribution in [0.25, 0.3) is 0 Å². The van der Waals surface area contributed by atoms with E-state index in [0.29, 0.717) is 12.2 Å². The summed E-state index contributed by atoms with van der Waals surface area (Å²) in [5.41, 5.74) is 3.47. The zero-order chi connectivity index (χ0) is 13.3. The molecule has 2 rings (SSSR count). The van der Waals surface area contributed by atoms with E-state index in [1.54, 1.807) is 16.8 Å². The highest BCUT2D eigenvalue weighted by Gasteiger charge is 2.11. The second-order valence-corrected chi connectivity index (χ2v) is 5.10. The summed E-state index contributed by atoms with van der Waals surface area (Å²) in [7, 11) is 1.88. The van der Waals surface area contributed by atoms with Gasteiger partial charge in [-0.25, -0.2) is 4.39 Å². The summed E-state index contributed by atoms with van der Waals surface area (Å²) >= 11 is 3.49. The third kappa shape index (κ3) is 2.56. The Morgan fingerprint density at radius 2 is 2.11 bits per heavy atom. The van der Waals surface area contributed by atoms with Gasteiger partial charge in [0.25, 0.3) is 0 Å². The van der Waals surface area contributed by atoms with Crippen LogP contribution in [0.2, 0.25) is 0 Å². The Balaban J connectivity index is 2.19. The van der Waals surface area contributed by atoms with Gasteiger partial charge in [-0.2, -0.15) is 5.10 Å². The smallest absolute Gasteiger partial charge is 0.146 e. The van der Waals surface area contributed by atoms with Crippen LogP contribution in [0.4, 0.5) is 10.1 Å². The molecule has 0 aliphatic carbocycles. The van der Waals surface area contributed by atoms with Gasteiger partial charge in [-0.15, -0.1) is 0 Å². The largest absolute Gasteiger partial charge is 0.377 e. The zero-order valence-electron chi connectivity index (χ0n) is 10.6. The van der Waals surface area contributed by atoms with E-state index in [2.05, 4.69) is 26.3 Å². The van der Waals surface area contributed by atoms with Crippen LogP contribution >= 0.6 is 15.9 Å². The molecule has 0 unspecified atom stereocenters. The summed E-state index contributed by atoms with van der Waals surface area (Å²) in [6.45, 7) is 4.40. The van der Waals surface area contributed by atoms with Crippen LogP contribution in [0.5, 0.6) is 0 Å². The highest BCUT2D eigenvalue weighted by Crippen LogP contribution is 2.22. The first-order valence-electron chi connectivity index (χ1n) is 5.67. The zero-order valence-corrected chi connectivity index (χ0v) is 12.2. The van der Waals surface area contributed by atoms with E-state index in [4.69, 9.17) is 0 Å². The van der Waals surface area contributed by atoms with Crippen molar-refractivity contribution >= 4 is 21.6 Å². The van der Waals surface area contributed by atoms with Crippen LogP contribution in [0.1, 0.15) is 17.0 Å². The van der Waals surface area contributed by atoms with Gasteiger partial charge >= 0.3 is 0 Å². The van der Waals surface area contributed by atoms with Gasteiger partial charge < -0.3 is 5.32 Å². The number of hydrogen-bond donors (Lipinski definition) is 1. The van der Waals surface area contributed by atoms with E-state index in [-0.39, 0.29) is 5.82 Å². The van der Waals surface area contributed by atoms with Crippen LogP contribution in [0.3, 0.4) is 0 Å². The Bertz CT molecular complexity index is 578. The van der Waals surface area contributed by atoms with Crippen molar-refractivity contribution < 1.29 is 4.39 Å². The molecule has 0 fully saturated rings. The van der Waals surface area contributed by atoms with Crippen molar-refractivity contribution in [2.75, 3.05) is 5.32 Å². The topological polar surface area (TPSA) is 29.9 Å². The summed E-state index contributed by atoms with van der Waals surface area (Å²) in [4.78, 5) is 0. The van der Waals surface area contributed by atoms with E-state index < -0.39 is 0 Å². The molecule has 0 aliphatic rings. The van der Waals surface area contributed by atoms with Gasteiger partial charge in [0.05, 0.1) is 28.1 Å². The lowest BCUT2D eigenvalue weighted by Crippen LogP contribution is -2.07. The molecule has 1 aromatic heterocycles. The Morgan fingerprint density at radius 3 is 2.72 bits per heavy atom. The number of benzene rings is 1. The Hall–Kier alpha value is -1.36. The van der Waals surface area contributed by atoms with Gasteiger partial charge in [-0.05, 0) is 47.5 Å². The van der Waals surface area contributed by atoms with Crippen molar-refractivity contribution in [2.24, 2.45) is 7.05 Å². The summed E-state index contributed by atoms with van der Waals surface area (Å²) in [5.74, 6) is -0.240. The van der Waals surface area contributed by atoms with Crippen molar-refractivity contribution in [1.82, 2.24) is 9.78 Å². The molecule has 5 heteroatoms. The van der Waals surface area contributed by atoms with Gasteiger partial charge in [0.2, 0.25) is 0 Å². The third-order valence-electron chi connectivity index (χ3n) is 2.83. The second kappa shape index (κ2) is 5.10. The minimum absolute atomic E-state index is 0.240.